The molecule has 7 heteroatoms. The number of nitro groups is 1. The molecule has 1 aromatic carbocycles. The second-order valence-electron chi connectivity index (χ2n) is 4.45. The fourth-order valence-electron chi connectivity index (χ4n) is 1.83. The molecule has 0 saturated carbocycles. The van der Waals surface area contributed by atoms with Crippen LogP contribution in [-0.2, 0) is 17.8 Å². The molecule has 0 bridgehead atoms. The molecule has 0 aliphatic rings. The number of pyridine rings is 1. The third-order valence-corrected chi connectivity index (χ3v) is 2.84. The Labute approximate surface area is 118 Å². The fourth-order valence-corrected chi connectivity index (χ4v) is 1.83. The van der Waals surface area contributed by atoms with E-state index in [4.69, 9.17) is 0 Å². The molecule has 0 aliphatic heterocycles. The van der Waals surface area contributed by atoms with Crippen LogP contribution in [0, 0.1) is 15.9 Å². The summed E-state index contributed by atoms with van der Waals surface area (Å²) in [6.45, 7) is -0.266. The van der Waals surface area contributed by atoms with Crippen molar-refractivity contribution in [2.24, 2.45) is 0 Å². The Balaban J connectivity index is 2.12. The van der Waals surface area contributed by atoms with Gasteiger partial charge in [0.15, 0.2) is 5.78 Å². The highest BCUT2D eigenvalue weighted by Crippen LogP contribution is 2.08. The second-order valence-corrected chi connectivity index (χ2v) is 4.45. The lowest BCUT2D eigenvalue weighted by Crippen LogP contribution is -2.24. The fraction of sp³-hybridized carbons (Fsp3) is 0.143. The highest BCUT2D eigenvalue weighted by atomic mass is 19.1. The molecule has 0 N–H and O–H groups in total. The van der Waals surface area contributed by atoms with Gasteiger partial charge in [-0.25, -0.2) is 4.39 Å². The molecule has 2 aromatic rings. The van der Waals surface area contributed by atoms with Crippen molar-refractivity contribution in [2.75, 3.05) is 0 Å². The summed E-state index contributed by atoms with van der Waals surface area (Å²) in [5, 5.41) is 10.6. The lowest BCUT2D eigenvalue weighted by molar-refractivity contribution is -0.385. The van der Waals surface area contributed by atoms with E-state index in [1.54, 1.807) is 0 Å². The highest BCUT2D eigenvalue weighted by molar-refractivity contribution is 5.80. The molecule has 6 nitrogen and oxygen atoms in total. The lowest BCUT2D eigenvalue weighted by Gasteiger charge is -2.05. The summed E-state index contributed by atoms with van der Waals surface area (Å²) in [5.41, 5.74) is -0.142. The molecular weight excluding hydrogens is 279 g/mol. The van der Waals surface area contributed by atoms with Gasteiger partial charge in [0.2, 0.25) is 0 Å². The number of nitrogens with zero attached hydrogens (tertiary/aromatic N) is 2. The molecular formula is C14H11FN2O4. The average Bonchev–Trinajstić information content (AvgIpc) is 2.43. The number of Topliss-reactive ketones (excluding diaryl/α,β-unsaturated/α-hetero) is 1. The molecule has 0 amide bonds. The van der Waals surface area contributed by atoms with Gasteiger partial charge in [0.05, 0.1) is 17.7 Å². The SMILES string of the molecule is O=C(Cc1ccc(F)cc1)Cn1cc([N+](=O)[O-])ccc1=O. The van der Waals surface area contributed by atoms with Gasteiger partial charge >= 0.3 is 0 Å². The summed E-state index contributed by atoms with van der Waals surface area (Å²) in [4.78, 5) is 33.4. The first kappa shape index (κ1) is 14.6. The molecule has 1 heterocycles. The Morgan fingerprint density at radius 3 is 2.48 bits per heavy atom. The first-order chi connectivity index (χ1) is 9.95. The zero-order chi connectivity index (χ0) is 15.4. The maximum absolute atomic E-state index is 12.7. The summed E-state index contributed by atoms with van der Waals surface area (Å²) in [6.07, 6.45) is 1.06. The number of hydrogen-bond acceptors (Lipinski definition) is 4. The van der Waals surface area contributed by atoms with Crippen molar-refractivity contribution in [2.45, 2.75) is 13.0 Å². The number of carbonyl (C=O) groups excluding carboxylic acids is 1. The van der Waals surface area contributed by atoms with E-state index < -0.39 is 16.3 Å². The van der Waals surface area contributed by atoms with Gasteiger partial charge in [0.1, 0.15) is 5.82 Å². The van der Waals surface area contributed by atoms with Gasteiger partial charge in [0, 0.05) is 18.6 Å². The molecule has 1 aromatic heterocycles. The Hall–Kier alpha value is -2.83. The maximum atomic E-state index is 12.7. The summed E-state index contributed by atoms with van der Waals surface area (Å²) in [6, 6.07) is 7.56. The van der Waals surface area contributed by atoms with E-state index in [2.05, 4.69) is 0 Å². The van der Waals surface area contributed by atoms with Crippen LogP contribution in [0.15, 0.2) is 47.4 Å². The van der Waals surface area contributed by atoms with E-state index in [0.717, 1.165) is 22.9 Å². The highest BCUT2D eigenvalue weighted by Gasteiger charge is 2.11. The molecule has 0 saturated heterocycles. The first-order valence-electron chi connectivity index (χ1n) is 6.07. The predicted molar refractivity (Wildman–Crippen MR) is 72.5 cm³/mol. The van der Waals surface area contributed by atoms with Crippen molar-refractivity contribution in [1.29, 1.82) is 0 Å². The van der Waals surface area contributed by atoms with E-state index in [-0.39, 0.29) is 24.4 Å². The number of ketones is 1. The van der Waals surface area contributed by atoms with Crippen molar-refractivity contribution < 1.29 is 14.1 Å². The zero-order valence-corrected chi connectivity index (χ0v) is 10.9. The smallest absolute Gasteiger partial charge is 0.285 e. The molecule has 0 atom stereocenters. The number of carbonyl (C=O) groups is 1. The monoisotopic (exact) mass is 290 g/mol. The number of halogens is 1. The van der Waals surface area contributed by atoms with Gasteiger partial charge in [-0.05, 0) is 17.7 Å². The Bertz CT molecular complexity index is 737. The van der Waals surface area contributed by atoms with E-state index >= 15 is 0 Å². The van der Waals surface area contributed by atoms with Crippen LogP contribution >= 0.6 is 0 Å². The summed E-state index contributed by atoms with van der Waals surface area (Å²) < 4.78 is 13.7. The van der Waals surface area contributed by atoms with Crippen LogP contribution < -0.4 is 5.56 Å². The van der Waals surface area contributed by atoms with Crippen LogP contribution in [0.4, 0.5) is 10.1 Å². The quantitative estimate of drug-likeness (QED) is 0.620. The van der Waals surface area contributed by atoms with Gasteiger partial charge in [0.25, 0.3) is 11.2 Å². The Kier molecular flexibility index (Phi) is 4.22. The Morgan fingerprint density at radius 1 is 1.19 bits per heavy atom. The Morgan fingerprint density at radius 2 is 1.86 bits per heavy atom. The minimum absolute atomic E-state index is 0.0232. The second kappa shape index (κ2) is 6.08. The molecule has 2 rings (SSSR count). The van der Waals surface area contributed by atoms with Crippen LogP contribution in [-0.4, -0.2) is 15.3 Å². The number of benzene rings is 1. The first-order valence-corrected chi connectivity index (χ1v) is 6.07. The van der Waals surface area contributed by atoms with Crippen molar-refractivity contribution in [3.05, 3.63) is 74.4 Å². The van der Waals surface area contributed by atoms with Gasteiger partial charge < -0.3 is 4.57 Å². The van der Waals surface area contributed by atoms with Crippen LogP contribution in [0.2, 0.25) is 0 Å². The van der Waals surface area contributed by atoms with E-state index in [0.29, 0.717) is 5.56 Å². The van der Waals surface area contributed by atoms with E-state index in [9.17, 15) is 24.1 Å². The normalized spacial score (nSPS) is 10.3. The predicted octanol–water partition coefficient (Wildman–Crippen LogP) is 1.71. The molecule has 0 spiro atoms. The maximum Gasteiger partial charge on any atom is 0.285 e. The molecule has 21 heavy (non-hydrogen) atoms. The van der Waals surface area contributed by atoms with Crippen LogP contribution in [0.1, 0.15) is 5.56 Å². The van der Waals surface area contributed by atoms with Gasteiger partial charge in [-0.3, -0.25) is 19.7 Å². The van der Waals surface area contributed by atoms with Crippen molar-refractivity contribution in [1.82, 2.24) is 4.57 Å². The van der Waals surface area contributed by atoms with Crippen LogP contribution in [0.5, 0.6) is 0 Å². The minimum atomic E-state index is -0.639. The molecule has 0 unspecified atom stereocenters. The largest absolute Gasteiger partial charge is 0.301 e. The van der Waals surface area contributed by atoms with Crippen molar-refractivity contribution in [3.8, 4) is 0 Å². The average molecular weight is 290 g/mol. The third kappa shape index (κ3) is 3.82. The molecule has 0 fully saturated rings. The van der Waals surface area contributed by atoms with Crippen molar-refractivity contribution in [3.63, 3.8) is 0 Å². The van der Waals surface area contributed by atoms with Gasteiger partial charge in [-0.15, -0.1) is 0 Å². The van der Waals surface area contributed by atoms with Gasteiger partial charge in [-0.1, -0.05) is 12.1 Å². The topological polar surface area (TPSA) is 82.2 Å². The standard InChI is InChI=1S/C14H11FN2O4/c15-11-3-1-10(2-4-11)7-13(18)9-16-8-12(17(20)21)5-6-14(16)19/h1-6,8H,7,9H2. The number of rotatable bonds is 5. The molecule has 0 radical (unpaired) electrons. The van der Waals surface area contributed by atoms with Crippen LogP contribution in [0.3, 0.4) is 0 Å². The van der Waals surface area contributed by atoms with Crippen LogP contribution in [0.25, 0.3) is 0 Å². The minimum Gasteiger partial charge on any atom is -0.301 e. The molecule has 0 aliphatic carbocycles. The zero-order valence-electron chi connectivity index (χ0n) is 10.9. The lowest BCUT2D eigenvalue weighted by atomic mass is 10.1. The van der Waals surface area contributed by atoms with Crippen molar-refractivity contribution >= 4 is 11.5 Å². The van der Waals surface area contributed by atoms with E-state index in [1.165, 1.54) is 24.3 Å². The summed E-state index contributed by atoms with van der Waals surface area (Å²) in [5.74, 6) is -0.703. The molecule has 108 valence electrons. The summed E-state index contributed by atoms with van der Waals surface area (Å²) >= 11 is 0. The third-order valence-electron chi connectivity index (χ3n) is 2.84. The van der Waals surface area contributed by atoms with E-state index in [1.807, 2.05) is 0 Å². The summed E-state index contributed by atoms with van der Waals surface area (Å²) in [7, 11) is 0. The van der Waals surface area contributed by atoms with Gasteiger partial charge in [-0.2, -0.15) is 0 Å². The number of hydrogen-bond donors (Lipinski definition) is 0. The number of aromatic nitrogens is 1.